The van der Waals surface area contributed by atoms with Gasteiger partial charge in [-0.05, 0) is 33.9 Å². The summed E-state index contributed by atoms with van der Waals surface area (Å²) in [6.07, 6.45) is 4.08. The molecule has 4 atom stereocenters. The number of hydrogen-bond donors (Lipinski definition) is 0. The Kier molecular flexibility index (Phi) is 6.37. The molecule has 0 amide bonds. The molecule has 0 unspecified atom stereocenters. The number of allylic oxidation sites excluding steroid dienone is 1. The van der Waals surface area contributed by atoms with Crippen molar-refractivity contribution in [2.75, 3.05) is 0 Å². The van der Waals surface area contributed by atoms with Crippen LogP contribution in [-0.2, 0) is 0 Å². The summed E-state index contributed by atoms with van der Waals surface area (Å²) in [4.78, 5) is 16.6. The maximum Gasteiger partial charge on any atom is 0.185 e. The molecule has 4 aromatic rings. The van der Waals surface area contributed by atoms with E-state index in [1.54, 1.807) is 0 Å². The van der Waals surface area contributed by atoms with Gasteiger partial charge >= 0.3 is 0 Å². The fraction of sp³-hybridized carbons (Fsp3) is 0.114. The van der Waals surface area contributed by atoms with E-state index in [9.17, 15) is 15.3 Å². The Bertz CT molecular complexity index is 1640. The van der Waals surface area contributed by atoms with E-state index in [2.05, 4.69) is 47.4 Å². The fourth-order valence-corrected chi connectivity index (χ4v) is 6.32. The molecule has 0 aromatic heterocycles. The molecule has 1 saturated heterocycles. The average molecular weight is 504 g/mol. The summed E-state index contributed by atoms with van der Waals surface area (Å²) in [5, 5.41) is 20.4. The zero-order chi connectivity index (χ0) is 26.8. The lowest BCUT2D eigenvalue weighted by atomic mass is 9.71. The molecular formula is C35H25N3O. The van der Waals surface area contributed by atoms with Crippen LogP contribution in [0, 0.1) is 28.6 Å². The maximum atomic E-state index is 14.4. The van der Waals surface area contributed by atoms with Crippen LogP contribution in [-0.4, -0.2) is 16.7 Å². The number of nitrogens with zero attached hydrogens (tertiary/aromatic N) is 3. The first-order valence-corrected chi connectivity index (χ1v) is 13.0. The largest absolute Gasteiger partial charge is 0.359 e. The van der Waals surface area contributed by atoms with Gasteiger partial charge in [-0.1, -0.05) is 115 Å². The Morgan fingerprint density at radius 3 is 1.90 bits per heavy atom. The number of Topliss-reactive ketones (excluding diaryl/α,β-unsaturated/α-hetero) is 1. The van der Waals surface area contributed by atoms with Crippen molar-refractivity contribution in [1.29, 1.82) is 10.5 Å². The van der Waals surface area contributed by atoms with E-state index in [1.807, 2.05) is 97.2 Å². The van der Waals surface area contributed by atoms with E-state index in [0.717, 1.165) is 22.3 Å². The van der Waals surface area contributed by atoms with Crippen molar-refractivity contribution in [3.05, 3.63) is 155 Å². The molecule has 0 N–H and O–H groups in total. The summed E-state index contributed by atoms with van der Waals surface area (Å²) in [5.41, 5.74) is 5.37. The molecule has 0 aliphatic carbocycles. The molecule has 186 valence electrons. The second-order valence-corrected chi connectivity index (χ2v) is 9.85. The van der Waals surface area contributed by atoms with Crippen LogP contribution >= 0.6 is 0 Å². The summed E-state index contributed by atoms with van der Waals surface area (Å²) in [7, 11) is 0. The number of fused-ring (bicyclic) bond motifs is 3. The highest BCUT2D eigenvalue weighted by atomic mass is 16.1. The van der Waals surface area contributed by atoms with Gasteiger partial charge in [-0.2, -0.15) is 10.5 Å². The minimum absolute atomic E-state index is 0.0175. The summed E-state index contributed by atoms with van der Waals surface area (Å²) < 4.78 is 0. The highest BCUT2D eigenvalue weighted by Crippen LogP contribution is 2.58. The van der Waals surface area contributed by atoms with Crippen LogP contribution in [0.2, 0.25) is 0 Å². The van der Waals surface area contributed by atoms with E-state index in [4.69, 9.17) is 0 Å². The van der Waals surface area contributed by atoms with Gasteiger partial charge in [0.1, 0.15) is 17.7 Å². The highest BCUT2D eigenvalue weighted by molar-refractivity contribution is 6.02. The maximum absolute atomic E-state index is 14.4. The van der Waals surface area contributed by atoms with Crippen molar-refractivity contribution < 1.29 is 4.79 Å². The van der Waals surface area contributed by atoms with E-state index < -0.39 is 6.04 Å². The van der Waals surface area contributed by atoms with Crippen LogP contribution in [0.3, 0.4) is 0 Å². The first-order valence-electron chi connectivity index (χ1n) is 13.0. The summed E-state index contributed by atoms with van der Waals surface area (Å²) in [6, 6.07) is 40.9. The molecule has 0 saturated carbocycles. The Hall–Kier alpha value is -5.19. The Balaban J connectivity index is 1.67. The van der Waals surface area contributed by atoms with E-state index in [-0.39, 0.29) is 29.2 Å². The normalized spacial score (nSPS) is 20.7. The molecular weight excluding hydrogens is 478 g/mol. The smallest absolute Gasteiger partial charge is 0.185 e. The molecule has 39 heavy (non-hydrogen) atoms. The van der Waals surface area contributed by atoms with Gasteiger partial charge in [-0.25, -0.2) is 0 Å². The minimum Gasteiger partial charge on any atom is -0.359 e. The van der Waals surface area contributed by atoms with Crippen LogP contribution in [0.1, 0.15) is 44.6 Å². The number of benzene rings is 4. The Morgan fingerprint density at radius 1 is 0.692 bits per heavy atom. The third kappa shape index (κ3) is 4.13. The van der Waals surface area contributed by atoms with Gasteiger partial charge in [0.15, 0.2) is 5.78 Å². The SMILES string of the molecule is N#CC(C#N)=C(c1ccccc1)[C@@H]1[C@@H](c2ccccc2)[C@@H](C(=O)c2ccccc2)N2C=Cc3ccccc3[C@H]12. The van der Waals surface area contributed by atoms with Gasteiger partial charge in [0.25, 0.3) is 0 Å². The summed E-state index contributed by atoms with van der Waals surface area (Å²) >= 11 is 0. The molecule has 0 spiro atoms. The standard InChI is InChI=1S/C35H25N3O/c36-22-28(23-37)30(25-13-4-1-5-14-25)32-31(26-15-6-2-7-16-26)34(35(39)27-17-8-3-9-18-27)38-21-20-24-12-10-11-19-29(24)33(32)38/h1-21,31-34H/t31-,32-,33-,34+/m1/s1. The van der Waals surface area contributed by atoms with Gasteiger partial charge in [0.05, 0.1) is 12.1 Å². The molecule has 0 radical (unpaired) electrons. The second kappa shape index (κ2) is 10.3. The van der Waals surface area contributed by atoms with Gasteiger partial charge in [-0.15, -0.1) is 0 Å². The fourth-order valence-electron chi connectivity index (χ4n) is 6.32. The van der Waals surface area contributed by atoms with E-state index in [1.165, 1.54) is 0 Å². The van der Waals surface area contributed by atoms with Crippen molar-refractivity contribution in [3.63, 3.8) is 0 Å². The van der Waals surface area contributed by atoms with E-state index >= 15 is 0 Å². The Labute approximate surface area is 228 Å². The van der Waals surface area contributed by atoms with Crippen LogP contribution in [0.5, 0.6) is 0 Å². The van der Waals surface area contributed by atoms with Gasteiger partial charge < -0.3 is 4.90 Å². The molecule has 2 aliphatic rings. The minimum atomic E-state index is -0.535. The lowest BCUT2D eigenvalue weighted by Crippen LogP contribution is -2.37. The van der Waals surface area contributed by atoms with Gasteiger partial charge in [0, 0.05) is 23.6 Å². The first kappa shape index (κ1) is 24.2. The second-order valence-electron chi connectivity index (χ2n) is 9.85. The Morgan fingerprint density at radius 2 is 1.26 bits per heavy atom. The van der Waals surface area contributed by atoms with E-state index in [0.29, 0.717) is 11.1 Å². The summed E-state index contributed by atoms with van der Waals surface area (Å²) in [6.45, 7) is 0. The highest BCUT2D eigenvalue weighted by Gasteiger charge is 2.54. The van der Waals surface area contributed by atoms with Crippen LogP contribution in [0.4, 0.5) is 0 Å². The van der Waals surface area contributed by atoms with Gasteiger partial charge in [0.2, 0.25) is 0 Å². The first-order chi connectivity index (χ1) is 19.2. The number of hydrogen-bond acceptors (Lipinski definition) is 4. The number of rotatable bonds is 5. The monoisotopic (exact) mass is 503 g/mol. The molecule has 2 heterocycles. The third-order valence-corrected chi connectivity index (χ3v) is 7.87. The molecule has 4 aromatic carbocycles. The zero-order valence-corrected chi connectivity index (χ0v) is 21.2. The number of ketones is 1. The summed E-state index contributed by atoms with van der Waals surface area (Å²) in [5.74, 6) is -0.636. The number of carbonyl (C=O) groups is 1. The van der Waals surface area contributed by atoms with Crippen molar-refractivity contribution in [3.8, 4) is 12.1 Å². The number of carbonyl (C=O) groups excluding carboxylic acids is 1. The topological polar surface area (TPSA) is 67.9 Å². The predicted molar refractivity (Wildman–Crippen MR) is 152 cm³/mol. The molecule has 2 aliphatic heterocycles. The van der Waals surface area contributed by atoms with Crippen molar-refractivity contribution in [2.45, 2.75) is 18.0 Å². The molecule has 6 rings (SSSR count). The van der Waals surface area contributed by atoms with Crippen LogP contribution < -0.4 is 0 Å². The van der Waals surface area contributed by atoms with Crippen molar-refractivity contribution in [1.82, 2.24) is 4.90 Å². The van der Waals surface area contributed by atoms with Crippen molar-refractivity contribution >= 4 is 17.4 Å². The van der Waals surface area contributed by atoms with Crippen LogP contribution in [0.15, 0.2) is 127 Å². The third-order valence-electron chi connectivity index (χ3n) is 7.87. The average Bonchev–Trinajstić information content (AvgIpc) is 3.36. The lowest BCUT2D eigenvalue weighted by Gasteiger charge is -2.35. The van der Waals surface area contributed by atoms with Crippen molar-refractivity contribution in [2.24, 2.45) is 5.92 Å². The molecule has 4 nitrogen and oxygen atoms in total. The molecule has 4 heteroatoms. The van der Waals surface area contributed by atoms with Gasteiger partial charge in [-0.3, -0.25) is 4.79 Å². The van der Waals surface area contributed by atoms with Crippen LogP contribution in [0.25, 0.3) is 11.6 Å². The quantitative estimate of drug-likeness (QED) is 0.214. The number of nitriles is 2. The zero-order valence-electron chi connectivity index (χ0n) is 21.2. The predicted octanol–water partition coefficient (Wildman–Crippen LogP) is 7.18. The lowest BCUT2D eigenvalue weighted by molar-refractivity contribution is 0.0874. The molecule has 1 fully saturated rings. The molecule has 0 bridgehead atoms.